The largest absolute Gasteiger partial charge is 0.441 e. The van der Waals surface area contributed by atoms with Crippen molar-refractivity contribution in [3.63, 3.8) is 0 Å². The van der Waals surface area contributed by atoms with Gasteiger partial charge in [0.2, 0.25) is 5.89 Å². The number of cyclic esters (lactones) is 2. The first-order chi connectivity index (χ1) is 13.1. The van der Waals surface area contributed by atoms with Gasteiger partial charge < -0.3 is 14.5 Å². The lowest BCUT2D eigenvalue weighted by Gasteiger charge is -2.06. The van der Waals surface area contributed by atoms with Gasteiger partial charge in [0.1, 0.15) is 17.5 Å². The lowest BCUT2D eigenvalue weighted by atomic mass is 10.0. The number of amides is 1. The smallest absolute Gasteiger partial charge is 0.415 e. The second kappa shape index (κ2) is 7.07. The zero-order chi connectivity index (χ0) is 18.8. The Balaban J connectivity index is 1.47. The summed E-state index contributed by atoms with van der Waals surface area (Å²) in [5.74, 6) is 0.851. The van der Waals surface area contributed by atoms with Crippen LogP contribution in [0.15, 0.2) is 59.0 Å². The molecule has 6 nitrogen and oxygen atoms in total. The minimum Gasteiger partial charge on any atom is -0.441 e. The van der Waals surface area contributed by atoms with Crippen LogP contribution in [0.5, 0.6) is 0 Å². The van der Waals surface area contributed by atoms with E-state index in [0.29, 0.717) is 18.7 Å². The second-order valence-corrected chi connectivity index (χ2v) is 6.43. The highest BCUT2D eigenvalue weighted by atomic mass is 16.6. The number of hydrogen-bond donors (Lipinski definition) is 1. The van der Waals surface area contributed by atoms with Crippen LogP contribution in [0.3, 0.4) is 0 Å². The fourth-order valence-corrected chi connectivity index (χ4v) is 3.09. The van der Waals surface area contributed by atoms with E-state index in [-0.39, 0.29) is 0 Å². The van der Waals surface area contributed by atoms with E-state index in [2.05, 4.69) is 15.0 Å². The van der Waals surface area contributed by atoms with E-state index < -0.39 is 18.1 Å². The van der Waals surface area contributed by atoms with Crippen molar-refractivity contribution in [2.24, 2.45) is 0 Å². The van der Waals surface area contributed by atoms with Crippen molar-refractivity contribution < 1.29 is 18.7 Å². The Bertz CT molecular complexity index is 977. The van der Waals surface area contributed by atoms with Gasteiger partial charge in [-0.2, -0.15) is 0 Å². The van der Waals surface area contributed by atoms with Crippen LogP contribution in [-0.4, -0.2) is 23.1 Å². The molecule has 1 atom stereocenters. The molecule has 1 aliphatic rings. The minimum absolute atomic E-state index is 0.505. The molecule has 0 saturated carbocycles. The molecule has 1 amide bonds. The van der Waals surface area contributed by atoms with Gasteiger partial charge in [0.25, 0.3) is 0 Å². The van der Waals surface area contributed by atoms with E-state index in [1.807, 2.05) is 61.5 Å². The second-order valence-electron chi connectivity index (χ2n) is 6.43. The molecule has 1 fully saturated rings. The molecule has 6 heteroatoms. The summed E-state index contributed by atoms with van der Waals surface area (Å²) in [4.78, 5) is 27.2. The summed E-state index contributed by atoms with van der Waals surface area (Å²) >= 11 is 0. The predicted molar refractivity (Wildman–Crippen MR) is 98.8 cm³/mol. The molecular formula is C21H18N2O4. The first-order valence-electron chi connectivity index (χ1n) is 8.74. The number of nitrogens with one attached hydrogen (secondary N) is 1. The third-order valence-corrected chi connectivity index (χ3v) is 4.54. The molecule has 1 aliphatic heterocycles. The zero-order valence-electron chi connectivity index (χ0n) is 14.8. The molecule has 0 bridgehead atoms. The van der Waals surface area contributed by atoms with E-state index in [0.717, 1.165) is 28.1 Å². The first kappa shape index (κ1) is 17.0. The maximum absolute atomic E-state index is 11.5. The fourth-order valence-electron chi connectivity index (χ4n) is 3.09. The maximum Gasteiger partial charge on any atom is 0.415 e. The Hall–Kier alpha value is -3.41. The van der Waals surface area contributed by atoms with Gasteiger partial charge in [0, 0.05) is 11.1 Å². The number of ether oxygens (including phenoxy) is 1. The Labute approximate surface area is 156 Å². The summed E-state index contributed by atoms with van der Waals surface area (Å²) in [5.41, 5.74) is 3.79. The number of carbonyl (C=O) groups is 2. The van der Waals surface area contributed by atoms with Crippen molar-refractivity contribution in [1.29, 1.82) is 0 Å². The van der Waals surface area contributed by atoms with Crippen molar-refractivity contribution in [1.82, 2.24) is 10.3 Å². The average molecular weight is 362 g/mol. The SMILES string of the molecule is Cc1oc(-c2ccccc2)nc1-c1ccc(CCC2NC(=O)OC2=O)cc1. The highest BCUT2D eigenvalue weighted by molar-refractivity contribution is 5.95. The van der Waals surface area contributed by atoms with Crippen LogP contribution >= 0.6 is 0 Å². The molecule has 1 saturated heterocycles. The quantitative estimate of drug-likeness (QED) is 0.550. The number of benzene rings is 2. The third-order valence-electron chi connectivity index (χ3n) is 4.54. The summed E-state index contributed by atoms with van der Waals surface area (Å²) in [5, 5.41) is 2.50. The number of alkyl carbamates (subject to hydrolysis) is 1. The molecule has 1 unspecified atom stereocenters. The summed E-state index contributed by atoms with van der Waals surface area (Å²) in [6.07, 6.45) is 0.495. The van der Waals surface area contributed by atoms with E-state index in [4.69, 9.17) is 4.42 Å². The normalized spacial score (nSPS) is 16.3. The van der Waals surface area contributed by atoms with Crippen LogP contribution in [0.25, 0.3) is 22.7 Å². The number of oxazole rings is 1. The molecule has 1 aromatic heterocycles. The summed E-state index contributed by atoms with van der Waals surface area (Å²) in [6.45, 7) is 1.90. The molecule has 3 aromatic rings. The monoisotopic (exact) mass is 362 g/mol. The van der Waals surface area contributed by atoms with Gasteiger partial charge in [-0.3, -0.25) is 0 Å². The lowest BCUT2D eigenvalue weighted by molar-refractivity contribution is -0.135. The van der Waals surface area contributed by atoms with Crippen molar-refractivity contribution in [3.05, 3.63) is 65.9 Å². The summed E-state index contributed by atoms with van der Waals surface area (Å²) in [6, 6.07) is 17.2. The number of aryl methyl sites for hydroxylation is 2. The molecule has 1 N–H and O–H groups in total. The van der Waals surface area contributed by atoms with E-state index >= 15 is 0 Å². The standard InChI is InChI=1S/C21H18N2O4/c1-13-18(23-19(26-13)16-5-3-2-4-6-16)15-10-7-14(8-11-15)9-12-17-20(24)27-21(25)22-17/h2-8,10-11,17H,9,12H2,1H3,(H,22,25). The Kier molecular flexibility index (Phi) is 4.46. The van der Waals surface area contributed by atoms with E-state index in [1.165, 1.54) is 0 Å². The number of esters is 1. The van der Waals surface area contributed by atoms with E-state index in [9.17, 15) is 9.59 Å². The van der Waals surface area contributed by atoms with Crippen molar-refractivity contribution >= 4 is 12.1 Å². The molecule has 27 heavy (non-hydrogen) atoms. The van der Waals surface area contributed by atoms with Gasteiger partial charge >= 0.3 is 12.1 Å². The van der Waals surface area contributed by atoms with Crippen LogP contribution in [0.2, 0.25) is 0 Å². The zero-order valence-corrected chi connectivity index (χ0v) is 14.8. The number of nitrogens with zero attached hydrogens (tertiary/aromatic N) is 1. The van der Waals surface area contributed by atoms with Crippen LogP contribution < -0.4 is 5.32 Å². The van der Waals surface area contributed by atoms with Crippen molar-refractivity contribution in [3.8, 4) is 22.7 Å². The molecule has 0 radical (unpaired) electrons. The van der Waals surface area contributed by atoms with Crippen LogP contribution in [-0.2, 0) is 16.0 Å². The summed E-state index contributed by atoms with van der Waals surface area (Å²) in [7, 11) is 0. The van der Waals surface area contributed by atoms with Crippen molar-refractivity contribution in [2.75, 3.05) is 0 Å². The van der Waals surface area contributed by atoms with Gasteiger partial charge in [-0.05, 0) is 37.5 Å². The Morgan fingerprint density at radius 2 is 1.74 bits per heavy atom. The van der Waals surface area contributed by atoms with Crippen LogP contribution in [0.4, 0.5) is 4.79 Å². The van der Waals surface area contributed by atoms with Gasteiger partial charge in [-0.25, -0.2) is 14.6 Å². The van der Waals surface area contributed by atoms with E-state index in [1.54, 1.807) is 0 Å². The van der Waals surface area contributed by atoms with Crippen molar-refractivity contribution in [2.45, 2.75) is 25.8 Å². The number of rotatable bonds is 5. The highest BCUT2D eigenvalue weighted by Crippen LogP contribution is 2.28. The van der Waals surface area contributed by atoms with Gasteiger partial charge in [-0.15, -0.1) is 0 Å². The third kappa shape index (κ3) is 3.60. The fraction of sp³-hybridized carbons (Fsp3) is 0.190. The molecule has 136 valence electrons. The molecule has 4 rings (SSSR count). The number of aromatic nitrogens is 1. The maximum atomic E-state index is 11.5. The lowest BCUT2D eigenvalue weighted by Crippen LogP contribution is -2.29. The molecule has 2 heterocycles. The van der Waals surface area contributed by atoms with Crippen LogP contribution in [0.1, 0.15) is 17.7 Å². The van der Waals surface area contributed by atoms with Gasteiger partial charge in [0.05, 0.1) is 0 Å². The molecule has 0 spiro atoms. The summed E-state index contributed by atoms with van der Waals surface area (Å²) < 4.78 is 10.3. The first-order valence-corrected chi connectivity index (χ1v) is 8.74. The van der Waals surface area contributed by atoms with Gasteiger partial charge in [-0.1, -0.05) is 42.5 Å². The van der Waals surface area contributed by atoms with Gasteiger partial charge in [0.15, 0.2) is 0 Å². The van der Waals surface area contributed by atoms with Crippen LogP contribution in [0, 0.1) is 6.92 Å². The predicted octanol–water partition coefficient (Wildman–Crippen LogP) is 3.88. The Morgan fingerprint density at radius 3 is 2.41 bits per heavy atom. The topological polar surface area (TPSA) is 81.4 Å². The number of hydrogen-bond acceptors (Lipinski definition) is 5. The minimum atomic E-state index is -0.670. The average Bonchev–Trinajstić information content (AvgIpc) is 3.23. The Morgan fingerprint density at radius 1 is 1.00 bits per heavy atom. The molecule has 2 aromatic carbocycles. The number of carbonyl (C=O) groups excluding carboxylic acids is 2. The highest BCUT2D eigenvalue weighted by Gasteiger charge is 2.31. The molecular weight excluding hydrogens is 344 g/mol. The molecule has 0 aliphatic carbocycles.